The fourth-order valence-corrected chi connectivity index (χ4v) is 4.38. The van der Waals surface area contributed by atoms with Gasteiger partial charge in [0, 0.05) is 65.0 Å². The summed E-state index contributed by atoms with van der Waals surface area (Å²) in [5.41, 5.74) is 5.89. The van der Waals surface area contributed by atoms with Gasteiger partial charge in [0.25, 0.3) is 0 Å². The molecule has 5 rings (SSSR count). The number of methoxy groups -OCH3 is 1. The number of aryl methyl sites for hydroxylation is 2. The van der Waals surface area contributed by atoms with E-state index in [1.807, 2.05) is 62.6 Å². The van der Waals surface area contributed by atoms with Crippen LogP contribution in [0.25, 0.3) is 27.4 Å². The first-order valence-corrected chi connectivity index (χ1v) is 10.6. The fraction of sp³-hybridized carbons (Fsp3) is 0.107. The molecule has 0 radical (unpaired) electrons. The van der Waals surface area contributed by atoms with E-state index in [1.54, 1.807) is 13.2 Å². The van der Waals surface area contributed by atoms with Crippen LogP contribution in [0.5, 0.6) is 5.75 Å². The standard InChI is InChI=1S/C28H24N2O2/c1-29-17-24(21-8-4-6-10-26(21)29)23(16-28(31)19-12-14-20(32-3)15-13-19)25-18-30(2)27-11-7-5-9-22(25)27/h4-18H,1-3H3. The Kier molecular flexibility index (Phi) is 4.91. The van der Waals surface area contributed by atoms with Crippen molar-refractivity contribution < 1.29 is 9.53 Å². The van der Waals surface area contributed by atoms with Crippen LogP contribution in [0.1, 0.15) is 21.5 Å². The molecule has 0 fully saturated rings. The third-order valence-corrected chi connectivity index (χ3v) is 6.02. The van der Waals surface area contributed by atoms with Crippen LogP contribution >= 0.6 is 0 Å². The molecular weight excluding hydrogens is 396 g/mol. The number of benzene rings is 3. The number of aromatic nitrogens is 2. The quantitative estimate of drug-likeness (QED) is 0.258. The third kappa shape index (κ3) is 3.30. The van der Waals surface area contributed by atoms with Gasteiger partial charge in [0.1, 0.15) is 5.75 Å². The summed E-state index contributed by atoms with van der Waals surface area (Å²) in [6.07, 6.45) is 5.99. The van der Waals surface area contributed by atoms with Crippen molar-refractivity contribution in [3.8, 4) is 5.75 Å². The molecule has 0 saturated heterocycles. The zero-order valence-corrected chi connectivity index (χ0v) is 18.4. The van der Waals surface area contributed by atoms with Crippen LogP contribution in [0.15, 0.2) is 91.3 Å². The van der Waals surface area contributed by atoms with Crippen molar-refractivity contribution in [1.29, 1.82) is 0 Å². The molecule has 4 nitrogen and oxygen atoms in total. The van der Waals surface area contributed by atoms with Gasteiger partial charge in [0.05, 0.1) is 7.11 Å². The summed E-state index contributed by atoms with van der Waals surface area (Å²) in [5, 5.41) is 2.24. The van der Waals surface area contributed by atoms with E-state index in [4.69, 9.17) is 4.74 Å². The molecule has 5 aromatic rings. The third-order valence-electron chi connectivity index (χ3n) is 6.02. The average Bonchev–Trinajstić information content (AvgIpc) is 3.35. The highest BCUT2D eigenvalue weighted by atomic mass is 16.5. The van der Waals surface area contributed by atoms with Gasteiger partial charge in [-0.3, -0.25) is 4.79 Å². The summed E-state index contributed by atoms with van der Waals surface area (Å²) in [7, 11) is 5.70. The zero-order chi connectivity index (χ0) is 22.2. The number of carbonyl (C=O) groups is 1. The van der Waals surface area contributed by atoms with Crippen molar-refractivity contribution in [3.05, 3.63) is 108 Å². The van der Waals surface area contributed by atoms with Crippen LogP contribution in [0.3, 0.4) is 0 Å². The van der Waals surface area contributed by atoms with Gasteiger partial charge in [-0.15, -0.1) is 0 Å². The summed E-state index contributed by atoms with van der Waals surface area (Å²) in [6.45, 7) is 0. The van der Waals surface area contributed by atoms with Gasteiger partial charge in [-0.05, 0) is 48.0 Å². The lowest BCUT2D eigenvalue weighted by Crippen LogP contribution is -1.98. The van der Waals surface area contributed by atoms with Crippen LogP contribution in [0, 0.1) is 0 Å². The van der Waals surface area contributed by atoms with Crippen LogP contribution in [0.2, 0.25) is 0 Å². The minimum absolute atomic E-state index is 0.0384. The lowest BCUT2D eigenvalue weighted by atomic mass is 9.94. The first-order valence-electron chi connectivity index (χ1n) is 10.6. The van der Waals surface area contributed by atoms with E-state index < -0.39 is 0 Å². The predicted octanol–water partition coefficient (Wildman–Crippen LogP) is 5.99. The minimum Gasteiger partial charge on any atom is -0.497 e. The van der Waals surface area contributed by atoms with E-state index >= 15 is 0 Å². The van der Waals surface area contributed by atoms with Crippen LogP contribution < -0.4 is 4.74 Å². The molecular formula is C28H24N2O2. The highest BCUT2D eigenvalue weighted by Crippen LogP contribution is 2.36. The van der Waals surface area contributed by atoms with Crippen molar-refractivity contribution in [3.63, 3.8) is 0 Å². The first kappa shape index (κ1) is 19.9. The number of hydrogen-bond donors (Lipinski definition) is 0. The summed E-state index contributed by atoms with van der Waals surface area (Å²) in [4.78, 5) is 13.4. The molecule has 32 heavy (non-hydrogen) atoms. The molecule has 158 valence electrons. The molecule has 3 aromatic carbocycles. The molecule has 0 aliphatic heterocycles. The lowest BCUT2D eigenvalue weighted by Gasteiger charge is -2.07. The Hall–Kier alpha value is -4.05. The normalized spacial score (nSPS) is 11.1. The number of nitrogens with zero attached hydrogens (tertiary/aromatic N) is 2. The maximum Gasteiger partial charge on any atom is 0.186 e. The largest absolute Gasteiger partial charge is 0.497 e. The number of ether oxygens (including phenoxy) is 1. The summed E-state index contributed by atoms with van der Waals surface area (Å²) < 4.78 is 9.46. The van der Waals surface area contributed by atoms with Crippen molar-refractivity contribution in [2.24, 2.45) is 14.1 Å². The van der Waals surface area contributed by atoms with E-state index in [2.05, 4.69) is 45.8 Å². The minimum atomic E-state index is -0.0384. The molecule has 4 heteroatoms. The molecule has 0 aliphatic rings. The molecule has 0 bridgehead atoms. The number of carbonyl (C=O) groups excluding carboxylic acids is 1. The second-order valence-corrected chi connectivity index (χ2v) is 7.99. The first-order chi connectivity index (χ1) is 15.6. The number of fused-ring (bicyclic) bond motifs is 2. The second-order valence-electron chi connectivity index (χ2n) is 7.99. The van der Waals surface area contributed by atoms with Gasteiger partial charge < -0.3 is 13.9 Å². The summed E-state index contributed by atoms with van der Waals surface area (Å²) >= 11 is 0. The van der Waals surface area contributed by atoms with E-state index in [0.29, 0.717) is 5.56 Å². The highest BCUT2D eigenvalue weighted by molar-refractivity contribution is 6.14. The lowest BCUT2D eigenvalue weighted by molar-refractivity contribution is 0.104. The van der Waals surface area contributed by atoms with Crippen LogP contribution in [-0.4, -0.2) is 22.0 Å². The molecule has 0 unspecified atom stereocenters. The van der Waals surface area contributed by atoms with E-state index in [-0.39, 0.29) is 5.78 Å². The van der Waals surface area contributed by atoms with Crippen molar-refractivity contribution in [1.82, 2.24) is 9.13 Å². The Bertz CT molecular complexity index is 1400. The SMILES string of the molecule is COc1ccc(C(=O)C=C(c2cn(C)c3ccccc23)c2cn(C)c3ccccc23)cc1. The van der Waals surface area contributed by atoms with Gasteiger partial charge >= 0.3 is 0 Å². The number of rotatable bonds is 5. The molecule has 0 N–H and O–H groups in total. The van der Waals surface area contributed by atoms with Gasteiger partial charge in [0.15, 0.2) is 5.78 Å². The van der Waals surface area contributed by atoms with E-state index in [9.17, 15) is 4.79 Å². The van der Waals surface area contributed by atoms with Gasteiger partial charge in [-0.2, -0.15) is 0 Å². The molecule has 2 aromatic heterocycles. The maximum absolute atomic E-state index is 13.4. The topological polar surface area (TPSA) is 36.2 Å². The van der Waals surface area contributed by atoms with Crippen molar-refractivity contribution in [2.75, 3.05) is 7.11 Å². The smallest absolute Gasteiger partial charge is 0.186 e. The Morgan fingerprint density at radius 2 is 1.25 bits per heavy atom. The van der Waals surface area contributed by atoms with E-state index in [1.165, 1.54) is 0 Å². The average molecular weight is 421 g/mol. The van der Waals surface area contributed by atoms with Gasteiger partial charge in [-0.25, -0.2) is 0 Å². The molecule has 0 aliphatic carbocycles. The number of ketones is 1. The zero-order valence-electron chi connectivity index (χ0n) is 18.4. The molecule has 0 spiro atoms. The Balaban J connectivity index is 1.75. The monoisotopic (exact) mass is 420 g/mol. The summed E-state index contributed by atoms with van der Waals surface area (Å²) in [6, 6.07) is 23.8. The Labute approximate surface area is 187 Å². The predicted molar refractivity (Wildman–Crippen MR) is 130 cm³/mol. The number of allylic oxidation sites excluding steroid dienone is 1. The van der Waals surface area contributed by atoms with Crippen molar-refractivity contribution >= 4 is 33.2 Å². The second kappa shape index (κ2) is 7.89. The molecule has 0 amide bonds. The Morgan fingerprint density at radius 3 is 1.75 bits per heavy atom. The van der Waals surface area contributed by atoms with Crippen molar-refractivity contribution in [2.45, 2.75) is 0 Å². The van der Waals surface area contributed by atoms with Crippen LogP contribution in [0.4, 0.5) is 0 Å². The summed E-state index contributed by atoms with van der Waals surface area (Å²) in [5.74, 6) is 0.692. The maximum atomic E-state index is 13.4. The fourth-order valence-electron chi connectivity index (χ4n) is 4.38. The molecule has 0 atom stereocenters. The Morgan fingerprint density at radius 1 is 0.750 bits per heavy atom. The molecule has 2 heterocycles. The van der Waals surface area contributed by atoms with E-state index in [0.717, 1.165) is 44.3 Å². The highest BCUT2D eigenvalue weighted by Gasteiger charge is 2.18. The van der Waals surface area contributed by atoms with Crippen LogP contribution in [-0.2, 0) is 14.1 Å². The number of para-hydroxylation sites is 2. The van der Waals surface area contributed by atoms with Gasteiger partial charge in [0.2, 0.25) is 0 Å². The van der Waals surface area contributed by atoms with Gasteiger partial charge in [-0.1, -0.05) is 36.4 Å². The number of hydrogen-bond acceptors (Lipinski definition) is 2. The molecule has 0 saturated carbocycles.